The molecule has 4 nitrogen and oxygen atoms in total. The third kappa shape index (κ3) is 5.94. The van der Waals surface area contributed by atoms with Crippen LogP contribution in [0, 0.1) is 0 Å². The standard InChI is InChI=1S/C25H25ClN2O2/c1-19(29)28(18-21-12-6-3-7-13-21)24(16-20-10-4-2-5-11-20)25(30)27-17-22-14-8-9-15-23(22)26/h2-15,24H,16-18H2,1H3,(H,27,30)/t24-/m0/s1. The van der Waals surface area contributed by atoms with Gasteiger partial charge in [-0.25, -0.2) is 0 Å². The van der Waals surface area contributed by atoms with E-state index in [1.165, 1.54) is 6.92 Å². The lowest BCUT2D eigenvalue weighted by molar-refractivity contribution is -0.139. The van der Waals surface area contributed by atoms with Crippen molar-refractivity contribution in [1.29, 1.82) is 0 Å². The summed E-state index contributed by atoms with van der Waals surface area (Å²) in [6, 6.07) is 26.2. The van der Waals surface area contributed by atoms with E-state index >= 15 is 0 Å². The smallest absolute Gasteiger partial charge is 0.243 e. The first-order valence-corrected chi connectivity index (χ1v) is 10.3. The van der Waals surface area contributed by atoms with E-state index in [0.29, 0.717) is 24.5 Å². The molecule has 0 aliphatic rings. The van der Waals surface area contributed by atoms with Crippen LogP contribution in [0.3, 0.4) is 0 Å². The number of carbonyl (C=O) groups is 2. The zero-order chi connectivity index (χ0) is 21.3. The van der Waals surface area contributed by atoms with Crippen molar-refractivity contribution in [3.8, 4) is 0 Å². The minimum Gasteiger partial charge on any atom is -0.350 e. The van der Waals surface area contributed by atoms with Gasteiger partial charge in [0.25, 0.3) is 0 Å². The molecule has 5 heteroatoms. The molecular weight excluding hydrogens is 396 g/mol. The maximum absolute atomic E-state index is 13.2. The third-order valence-electron chi connectivity index (χ3n) is 4.96. The van der Waals surface area contributed by atoms with Crippen LogP contribution in [0.5, 0.6) is 0 Å². The van der Waals surface area contributed by atoms with Gasteiger partial charge < -0.3 is 10.2 Å². The van der Waals surface area contributed by atoms with Crippen LogP contribution >= 0.6 is 11.6 Å². The van der Waals surface area contributed by atoms with Gasteiger partial charge in [0.1, 0.15) is 6.04 Å². The minimum atomic E-state index is -0.632. The van der Waals surface area contributed by atoms with Crippen molar-refractivity contribution in [2.24, 2.45) is 0 Å². The first kappa shape index (κ1) is 21.6. The summed E-state index contributed by atoms with van der Waals surface area (Å²) in [4.78, 5) is 27.4. The SMILES string of the molecule is CC(=O)N(Cc1ccccc1)[C@@H](Cc1ccccc1)C(=O)NCc1ccccc1Cl. The summed E-state index contributed by atoms with van der Waals surface area (Å²) < 4.78 is 0. The summed E-state index contributed by atoms with van der Waals surface area (Å²) in [6.07, 6.45) is 0.432. The summed E-state index contributed by atoms with van der Waals surface area (Å²) in [5.41, 5.74) is 2.81. The molecule has 2 amide bonds. The first-order valence-electron chi connectivity index (χ1n) is 9.91. The molecule has 1 atom stereocenters. The largest absolute Gasteiger partial charge is 0.350 e. The second-order valence-electron chi connectivity index (χ2n) is 7.15. The van der Waals surface area contributed by atoms with E-state index in [-0.39, 0.29) is 11.8 Å². The average molecular weight is 421 g/mol. The van der Waals surface area contributed by atoms with Crippen LogP contribution < -0.4 is 5.32 Å². The lowest BCUT2D eigenvalue weighted by Crippen LogP contribution is -2.49. The number of hydrogen-bond donors (Lipinski definition) is 1. The maximum Gasteiger partial charge on any atom is 0.243 e. The molecule has 0 saturated heterocycles. The predicted octanol–water partition coefficient (Wildman–Crippen LogP) is 4.62. The monoisotopic (exact) mass is 420 g/mol. The topological polar surface area (TPSA) is 49.4 Å². The molecule has 3 rings (SSSR count). The number of benzene rings is 3. The molecule has 154 valence electrons. The molecule has 0 unspecified atom stereocenters. The molecule has 0 spiro atoms. The zero-order valence-electron chi connectivity index (χ0n) is 16.9. The highest BCUT2D eigenvalue weighted by atomic mass is 35.5. The molecule has 3 aromatic rings. The minimum absolute atomic E-state index is 0.146. The number of hydrogen-bond acceptors (Lipinski definition) is 2. The summed E-state index contributed by atoms with van der Waals surface area (Å²) in [6.45, 7) is 2.18. The molecule has 0 heterocycles. The molecule has 30 heavy (non-hydrogen) atoms. The van der Waals surface area contributed by atoms with Gasteiger partial charge in [-0.15, -0.1) is 0 Å². The molecule has 0 aliphatic carbocycles. The number of amides is 2. The van der Waals surface area contributed by atoms with E-state index in [4.69, 9.17) is 11.6 Å². The van der Waals surface area contributed by atoms with Gasteiger partial charge in [-0.1, -0.05) is 90.5 Å². The van der Waals surface area contributed by atoms with Crippen molar-refractivity contribution in [2.75, 3.05) is 0 Å². The Hall–Kier alpha value is -3.11. The average Bonchev–Trinajstić information content (AvgIpc) is 2.76. The van der Waals surface area contributed by atoms with Gasteiger partial charge >= 0.3 is 0 Å². The second kappa shape index (κ2) is 10.6. The number of rotatable bonds is 8. The zero-order valence-corrected chi connectivity index (χ0v) is 17.7. The van der Waals surface area contributed by atoms with Crippen LogP contribution in [-0.4, -0.2) is 22.8 Å². The van der Waals surface area contributed by atoms with E-state index in [9.17, 15) is 9.59 Å². The van der Waals surface area contributed by atoms with Gasteiger partial charge in [0.15, 0.2) is 0 Å². The van der Waals surface area contributed by atoms with E-state index in [2.05, 4.69) is 5.32 Å². The summed E-state index contributed by atoms with van der Waals surface area (Å²) in [5, 5.41) is 3.57. The molecule has 0 aromatic heterocycles. The highest BCUT2D eigenvalue weighted by Gasteiger charge is 2.28. The van der Waals surface area contributed by atoms with Crippen LogP contribution in [0.4, 0.5) is 0 Å². The van der Waals surface area contributed by atoms with Gasteiger partial charge in [0, 0.05) is 31.5 Å². The van der Waals surface area contributed by atoms with Crippen LogP contribution in [0.15, 0.2) is 84.9 Å². The first-order chi connectivity index (χ1) is 14.5. The Morgan fingerprint density at radius 1 is 0.867 bits per heavy atom. The Bertz CT molecular complexity index is 977. The fourth-order valence-electron chi connectivity index (χ4n) is 3.34. The van der Waals surface area contributed by atoms with Crippen LogP contribution in [0.1, 0.15) is 23.6 Å². The number of halogens is 1. The molecule has 1 N–H and O–H groups in total. The molecule has 0 fully saturated rings. The van der Waals surface area contributed by atoms with Crippen molar-refractivity contribution >= 4 is 23.4 Å². The van der Waals surface area contributed by atoms with Crippen LogP contribution in [0.25, 0.3) is 0 Å². The fraction of sp³-hybridized carbons (Fsp3) is 0.200. The van der Waals surface area contributed by atoms with Gasteiger partial charge in [-0.05, 0) is 22.8 Å². The summed E-state index contributed by atoms with van der Waals surface area (Å²) in [5.74, 6) is -0.349. The second-order valence-corrected chi connectivity index (χ2v) is 7.55. The summed E-state index contributed by atoms with van der Waals surface area (Å²) >= 11 is 6.22. The quantitative estimate of drug-likeness (QED) is 0.578. The molecule has 0 saturated carbocycles. The molecule has 0 aliphatic heterocycles. The summed E-state index contributed by atoms with van der Waals surface area (Å²) in [7, 11) is 0. The maximum atomic E-state index is 13.2. The predicted molar refractivity (Wildman–Crippen MR) is 120 cm³/mol. The van der Waals surface area contributed by atoms with Crippen LogP contribution in [-0.2, 0) is 29.1 Å². The highest BCUT2D eigenvalue weighted by molar-refractivity contribution is 6.31. The Morgan fingerprint density at radius 2 is 1.43 bits per heavy atom. The number of carbonyl (C=O) groups excluding carboxylic acids is 2. The Balaban J connectivity index is 1.83. The molecular formula is C25H25ClN2O2. The van der Waals surface area contributed by atoms with Crippen molar-refractivity contribution in [1.82, 2.24) is 10.2 Å². The number of nitrogens with zero attached hydrogens (tertiary/aromatic N) is 1. The highest BCUT2D eigenvalue weighted by Crippen LogP contribution is 2.17. The van der Waals surface area contributed by atoms with Crippen molar-refractivity contribution in [3.63, 3.8) is 0 Å². The lowest BCUT2D eigenvalue weighted by Gasteiger charge is -2.30. The normalized spacial score (nSPS) is 11.5. The van der Waals surface area contributed by atoms with Gasteiger partial charge in [-0.3, -0.25) is 9.59 Å². The van der Waals surface area contributed by atoms with Crippen molar-refractivity contribution in [2.45, 2.75) is 32.5 Å². The van der Waals surface area contributed by atoms with Crippen molar-refractivity contribution in [3.05, 3.63) is 107 Å². The van der Waals surface area contributed by atoms with Crippen LogP contribution in [0.2, 0.25) is 5.02 Å². The van der Waals surface area contributed by atoms with E-state index in [1.54, 1.807) is 11.0 Å². The van der Waals surface area contributed by atoms with Gasteiger partial charge in [-0.2, -0.15) is 0 Å². The molecule has 0 radical (unpaired) electrons. The van der Waals surface area contributed by atoms with Crippen molar-refractivity contribution < 1.29 is 9.59 Å². The van der Waals surface area contributed by atoms with E-state index < -0.39 is 6.04 Å². The van der Waals surface area contributed by atoms with Gasteiger partial charge in [0.2, 0.25) is 11.8 Å². The lowest BCUT2D eigenvalue weighted by atomic mass is 10.0. The Morgan fingerprint density at radius 3 is 2.03 bits per heavy atom. The molecule has 3 aromatic carbocycles. The van der Waals surface area contributed by atoms with Gasteiger partial charge in [0.05, 0.1) is 0 Å². The Labute approximate surface area is 182 Å². The van der Waals surface area contributed by atoms with E-state index in [1.807, 2.05) is 78.9 Å². The molecule has 0 bridgehead atoms. The number of nitrogens with one attached hydrogen (secondary N) is 1. The Kier molecular flexibility index (Phi) is 7.63. The fourth-order valence-corrected chi connectivity index (χ4v) is 3.55. The van der Waals surface area contributed by atoms with E-state index in [0.717, 1.165) is 16.7 Å². The third-order valence-corrected chi connectivity index (χ3v) is 5.33.